The van der Waals surface area contributed by atoms with Crippen LogP contribution in [0.2, 0.25) is 0 Å². The van der Waals surface area contributed by atoms with Gasteiger partial charge in [-0.15, -0.1) is 0 Å². The molecule has 1 N–H and O–H groups in total. The van der Waals surface area contributed by atoms with Crippen LogP contribution in [-0.4, -0.2) is 84.3 Å². The zero-order valence-corrected chi connectivity index (χ0v) is 24.0. The maximum absolute atomic E-state index is 14.6. The first-order valence-electron chi connectivity index (χ1n) is 13.1. The van der Waals surface area contributed by atoms with E-state index in [0.717, 1.165) is 12.1 Å². The summed E-state index contributed by atoms with van der Waals surface area (Å²) >= 11 is 0. The molecule has 2 aromatic rings. The number of carboxylic acids is 1. The second-order valence-corrected chi connectivity index (χ2v) is 9.72. The van der Waals surface area contributed by atoms with Gasteiger partial charge in [0, 0.05) is 13.0 Å². The summed E-state index contributed by atoms with van der Waals surface area (Å²) in [4.78, 5) is 23.2. The van der Waals surface area contributed by atoms with Crippen LogP contribution >= 0.6 is 0 Å². The van der Waals surface area contributed by atoms with E-state index >= 15 is 0 Å². The monoisotopic (exact) mass is 723 g/mol. The van der Waals surface area contributed by atoms with Crippen LogP contribution in [0.5, 0.6) is 11.5 Å². The number of rotatable bonds is 15. The predicted octanol–water partition coefficient (Wildman–Crippen LogP) is 7.72. The van der Waals surface area contributed by atoms with Crippen LogP contribution in [0.3, 0.4) is 0 Å². The van der Waals surface area contributed by atoms with Crippen molar-refractivity contribution in [2.45, 2.75) is 55.5 Å². The Morgan fingerprint density at radius 3 is 1.88 bits per heavy atom. The van der Waals surface area contributed by atoms with Crippen LogP contribution in [0.1, 0.15) is 18.1 Å². The zero-order chi connectivity index (χ0) is 36.9. The number of carboxylic acid groups (broad SMARTS) is 1. The van der Waals surface area contributed by atoms with Crippen LogP contribution in [0.25, 0.3) is 0 Å². The number of ether oxygens (including phenoxy) is 3. The van der Waals surface area contributed by atoms with Gasteiger partial charge in [0.05, 0.1) is 18.7 Å². The number of hydrogen-bond acceptors (Lipinski definition) is 5. The van der Waals surface area contributed by atoms with E-state index in [-0.39, 0.29) is 24.8 Å². The summed E-state index contributed by atoms with van der Waals surface area (Å²) in [6.45, 7) is -3.80. The Balaban J connectivity index is 2.35. The molecule has 7 nitrogen and oxygen atoms in total. The fourth-order valence-corrected chi connectivity index (χ4v) is 3.71. The minimum Gasteiger partial charge on any atom is -0.492 e. The fraction of sp³-hybridized carbons (Fsp3) is 0.481. The largest absolute Gasteiger partial charge is 0.492 e. The number of amides is 1. The first-order chi connectivity index (χ1) is 21.8. The summed E-state index contributed by atoms with van der Waals surface area (Å²) < 4.78 is 203. The minimum atomic E-state index is -7.78. The van der Waals surface area contributed by atoms with E-state index in [2.05, 4.69) is 4.74 Å². The molecule has 0 spiro atoms. The molecule has 0 aliphatic rings. The van der Waals surface area contributed by atoms with Gasteiger partial charge in [-0.05, 0) is 42.8 Å². The summed E-state index contributed by atoms with van der Waals surface area (Å²) in [5.41, 5.74) is -1.10. The Kier molecular flexibility index (Phi) is 12.2. The second-order valence-electron chi connectivity index (χ2n) is 9.72. The smallest absolute Gasteiger partial charge is 0.460 e. The summed E-state index contributed by atoms with van der Waals surface area (Å²) in [5.74, 6) is -32.0. The minimum absolute atomic E-state index is 0.0538. The molecule has 0 aliphatic heterocycles. The molecular weight excluding hydrogens is 700 g/mol. The quantitative estimate of drug-likeness (QED) is 0.190. The highest BCUT2D eigenvalue weighted by Gasteiger charge is 2.87. The van der Waals surface area contributed by atoms with Crippen LogP contribution in [0, 0.1) is 0 Å². The van der Waals surface area contributed by atoms with E-state index in [4.69, 9.17) is 14.6 Å². The van der Waals surface area contributed by atoms with Gasteiger partial charge in [0.25, 0.3) is 0 Å². The van der Waals surface area contributed by atoms with Gasteiger partial charge in [-0.3, -0.25) is 4.90 Å². The van der Waals surface area contributed by atoms with E-state index in [1.54, 1.807) is 0 Å². The maximum atomic E-state index is 14.6. The molecule has 0 aromatic heterocycles. The second kappa shape index (κ2) is 14.6. The normalized spacial score (nSPS) is 14.0. The fourth-order valence-electron chi connectivity index (χ4n) is 3.71. The highest BCUT2D eigenvalue weighted by atomic mass is 19.4. The molecule has 1 atom stereocenters. The van der Waals surface area contributed by atoms with E-state index in [1.165, 1.54) is 19.1 Å². The third-order valence-electron chi connectivity index (χ3n) is 6.24. The molecule has 48 heavy (non-hydrogen) atoms. The molecule has 0 saturated heterocycles. The van der Waals surface area contributed by atoms with Crippen molar-refractivity contribution < 1.29 is 90.4 Å². The number of halogens is 14. The first-order valence-corrected chi connectivity index (χ1v) is 13.1. The molecule has 0 aliphatic carbocycles. The van der Waals surface area contributed by atoms with Gasteiger partial charge < -0.3 is 19.3 Å². The van der Waals surface area contributed by atoms with Crippen LogP contribution in [0.15, 0.2) is 48.5 Å². The molecule has 270 valence electrons. The zero-order valence-electron chi connectivity index (χ0n) is 24.0. The topological polar surface area (TPSA) is 85.3 Å². The van der Waals surface area contributed by atoms with Gasteiger partial charge in [0.2, 0.25) is 0 Å². The lowest BCUT2D eigenvalue weighted by molar-refractivity contribution is -0.422. The average molecular weight is 723 g/mol. The standard InChI is InChI=1S/C27H23F14NO6/c1-2-46-19(20(43)44)12-15-6-8-17(9-7-15)47-11-10-42(21(45)48-18-5-3-4-16(13-18)23(30,31)32)14-22(28,29)24(33,34)25(35,36)26(37,38)27(39,40)41/h3-9,13,19H,2,10-12,14H2,1H3,(H,43,44). The summed E-state index contributed by atoms with van der Waals surface area (Å²) in [5, 5.41) is 9.16. The van der Waals surface area contributed by atoms with Crippen molar-refractivity contribution in [2.24, 2.45) is 0 Å². The molecule has 2 aromatic carbocycles. The van der Waals surface area contributed by atoms with Crippen LogP contribution < -0.4 is 9.47 Å². The number of alkyl halides is 14. The van der Waals surface area contributed by atoms with Crippen molar-refractivity contribution in [1.29, 1.82) is 0 Å². The predicted molar refractivity (Wildman–Crippen MR) is 134 cm³/mol. The van der Waals surface area contributed by atoms with Crippen LogP contribution in [-0.2, 0) is 22.1 Å². The number of nitrogens with zero attached hydrogens (tertiary/aromatic N) is 1. The van der Waals surface area contributed by atoms with Gasteiger partial charge >= 0.3 is 48.1 Å². The van der Waals surface area contributed by atoms with Gasteiger partial charge in [0.15, 0.2) is 6.10 Å². The molecule has 0 fully saturated rings. The Morgan fingerprint density at radius 1 is 0.792 bits per heavy atom. The molecule has 0 saturated carbocycles. The van der Waals surface area contributed by atoms with Crippen molar-refractivity contribution in [3.05, 3.63) is 59.7 Å². The number of hydrogen-bond donors (Lipinski definition) is 1. The Labute approximate surface area is 260 Å². The van der Waals surface area contributed by atoms with Crippen molar-refractivity contribution in [3.8, 4) is 11.5 Å². The summed E-state index contributed by atoms with van der Waals surface area (Å²) in [6.07, 6.45) is -16.1. The molecule has 0 heterocycles. The molecule has 0 radical (unpaired) electrons. The number of carbonyl (C=O) groups excluding carboxylic acids is 1. The van der Waals surface area contributed by atoms with Crippen LogP contribution in [0.4, 0.5) is 66.3 Å². The van der Waals surface area contributed by atoms with Gasteiger partial charge in [0.1, 0.15) is 18.1 Å². The highest BCUT2D eigenvalue weighted by molar-refractivity contribution is 5.72. The molecule has 2 rings (SSSR count). The summed E-state index contributed by atoms with van der Waals surface area (Å²) in [6, 6.07) is 6.81. The average Bonchev–Trinajstić information content (AvgIpc) is 2.96. The Hall–Kier alpha value is -4.04. The Bertz CT molecular complexity index is 1400. The number of carbonyl (C=O) groups is 2. The number of benzene rings is 2. The SMILES string of the molecule is CCOC(Cc1ccc(OCCN(CC(F)(F)C(F)(F)C(F)(F)C(F)(F)C(F)(F)F)C(=O)Oc2cccc(C(F)(F)F)c2)cc1)C(=O)O. The molecule has 21 heteroatoms. The first kappa shape index (κ1) is 40.1. The van der Waals surface area contributed by atoms with E-state index < -0.39 is 90.1 Å². The lowest BCUT2D eigenvalue weighted by Crippen LogP contribution is -2.68. The van der Waals surface area contributed by atoms with Crippen molar-refractivity contribution in [2.75, 3.05) is 26.3 Å². The van der Waals surface area contributed by atoms with E-state index in [9.17, 15) is 71.1 Å². The van der Waals surface area contributed by atoms with E-state index in [0.29, 0.717) is 23.8 Å². The van der Waals surface area contributed by atoms with E-state index in [1.807, 2.05) is 0 Å². The molecular formula is C27H23F14NO6. The van der Waals surface area contributed by atoms with Crippen molar-refractivity contribution >= 4 is 12.1 Å². The van der Waals surface area contributed by atoms with Crippen molar-refractivity contribution in [3.63, 3.8) is 0 Å². The molecule has 1 unspecified atom stereocenters. The third-order valence-corrected chi connectivity index (χ3v) is 6.24. The molecule has 0 bridgehead atoms. The van der Waals surface area contributed by atoms with Gasteiger partial charge in [-0.1, -0.05) is 18.2 Å². The highest BCUT2D eigenvalue weighted by Crippen LogP contribution is 2.57. The Morgan fingerprint density at radius 2 is 1.38 bits per heavy atom. The van der Waals surface area contributed by atoms with Crippen molar-refractivity contribution in [1.82, 2.24) is 4.90 Å². The summed E-state index contributed by atoms with van der Waals surface area (Å²) in [7, 11) is 0. The third kappa shape index (κ3) is 9.10. The van der Waals surface area contributed by atoms with Gasteiger partial charge in [-0.25, -0.2) is 9.59 Å². The lowest BCUT2D eigenvalue weighted by Gasteiger charge is -2.38. The number of aliphatic carboxylic acids is 1. The van der Waals surface area contributed by atoms with Gasteiger partial charge in [-0.2, -0.15) is 61.5 Å². The molecule has 1 amide bonds. The lowest BCUT2D eigenvalue weighted by atomic mass is 9.97. The maximum Gasteiger partial charge on any atom is 0.460 e.